The van der Waals surface area contributed by atoms with E-state index in [-0.39, 0.29) is 33.9 Å². The van der Waals surface area contributed by atoms with Crippen LogP contribution in [0.15, 0.2) is 39.7 Å². The fourth-order valence-electron chi connectivity index (χ4n) is 2.42. The Hall–Kier alpha value is -2.69. The largest absolute Gasteiger partial charge is 0.481 e. The standard InChI is InChI=1S/C17H11ClN2O6S2/c18-12-7-9(20(24)25)1-3-11(12)13-4-2-10(26-13)8-14-16(23)19(17(27)28-14)6-5-15(21)22/h1-4,7-8H,5-6H2,(H,21,22). The van der Waals surface area contributed by atoms with Gasteiger partial charge in [-0.25, -0.2) is 0 Å². The SMILES string of the molecule is O=C(O)CCN1C(=O)C(=Cc2ccc(-c3ccc([N+](=O)[O-])cc3Cl)o2)SC1=S. The van der Waals surface area contributed by atoms with Gasteiger partial charge in [-0.15, -0.1) is 0 Å². The summed E-state index contributed by atoms with van der Waals surface area (Å²) in [7, 11) is 0. The number of nitro groups is 1. The molecule has 1 fully saturated rings. The minimum atomic E-state index is -1.02. The molecule has 2 aromatic rings. The molecular weight excluding hydrogens is 428 g/mol. The summed E-state index contributed by atoms with van der Waals surface area (Å²) in [6.45, 7) is -0.000846. The second-order valence-corrected chi connectivity index (χ2v) is 7.68. The summed E-state index contributed by atoms with van der Waals surface area (Å²) < 4.78 is 5.96. The Bertz CT molecular complexity index is 1030. The summed E-state index contributed by atoms with van der Waals surface area (Å²) in [5.41, 5.74) is 0.339. The van der Waals surface area contributed by atoms with Crippen LogP contribution in [0.5, 0.6) is 0 Å². The van der Waals surface area contributed by atoms with Gasteiger partial charge in [0.2, 0.25) is 0 Å². The summed E-state index contributed by atoms with van der Waals surface area (Å²) in [4.78, 5) is 34.9. The van der Waals surface area contributed by atoms with Gasteiger partial charge in [0, 0.05) is 30.3 Å². The van der Waals surface area contributed by atoms with Gasteiger partial charge in [0.25, 0.3) is 11.6 Å². The van der Waals surface area contributed by atoms with Crippen LogP contribution in [-0.4, -0.2) is 37.7 Å². The van der Waals surface area contributed by atoms with Gasteiger partial charge in [-0.05, 0) is 18.2 Å². The molecule has 0 bridgehead atoms. The third-order valence-corrected chi connectivity index (χ3v) is 5.44. The van der Waals surface area contributed by atoms with Crippen LogP contribution in [0.25, 0.3) is 17.4 Å². The van der Waals surface area contributed by atoms with Gasteiger partial charge in [-0.2, -0.15) is 0 Å². The fraction of sp³-hybridized carbons (Fsp3) is 0.118. The first-order valence-corrected chi connectivity index (χ1v) is 9.38. The lowest BCUT2D eigenvalue weighted by Gasteiger charge is -2.12. The second-order valence-electron chi connectivity index (χ2n) is 5.60. The molecule has 1 aliphatic heterocycles. The average Bonchev–Trinajstić information content (AvgIpc) is 3.18. The third kappa shape index (κ3) is 4.24. The average molecular weight is 439 g/mol. The molecule has 0 aliphatic carbocycles. The van der Waals surface area contributed by atoms with Gasteiger partial charge in [-0.1, -0.05) is 35.6 Å². The first-order valence-electron chi connectivity index (χ1n) is 7.77. The summed E-state index contributed by atoms with van der Waals surface area (Å²) in [6, 6.07) is 7.28. The molecule has 28 heavy (non-hydrogen) atoms. The molecule has 1 N–H and O–H groups in total. The Morgan fingerprint density at radius 2 is 2.14 bits per heavy atom. The van der Waals surface area contributed by atoms with Gasteiger partial charge >= 0.3 is 5.97 Å². The number of carboxylic acid groups (broad SMARTS) is 1. The van der Waals surface area contributed by atoms with E-state index in [1.807, 2.05) is 0 Å². The number of nitrogens with zero attached hydrogens (tertiary/aromatic N) is 2. The number of carbonyl (C=O) groups excluding carboxylic acids is 1. The number of halogens is 1. The topological polar surface area (TPSA) is 114 Å². The number of non-ortho nitro benzene ring substituents is 1. The predicted octanol–water partition coefficient (Wildman–Crippen LogP) is 4.18. The number of thioether (sulfide) groups is 1. The van der Waals surface area contributed by atoms with Crippen molar-refractivity contribution < 1.29 is 24.0 Å². The highest BCUT2D eigenvalue weighted by molar-refractivity contribution is 8.26. The molecule has 11 heteroatoms. The lowest BCUT2D eigenvalue weighted by Crippen LogP contribution is -2.30. The number of furan rings is 1. The van der Waals surface area contributed by atoms with Crippen LogP contribution in [-0.2, 0) is 9.59 Å². The number of hydrogen-bond donors (Lipinski definition) is 1. The van der Waals surface area contributed by atoms with Gasteiger partial charge < -0.3 is 9.52 Å². The molecule has 0 unspecified atom stereocenters. The zero-order valence-electron chi connectivity index (χ0n) is 14.0. The number of carbonyl (C=O) groups is 2. The number of nitro benzene ring substituents is 1. The minimum absolute atomic E-state index is 0.000846. The van der Waals surface area contributed by atoms with E-state index >= 15 is 0 Å². The van der Waals surface area contributed by atoms with Gasteiger partial charge in [0.15, 0.2) is 0 Å². The van der Waals surface area contributed by atoms with E-state index in [4.69, 9.17) is 33.3 Å². The summed E-state index contributed by atoms with van der Waals surface area (Å²) in [6.07, 6.45) is 1.30. The van der Waals surface area contributed by atoms with Crippen molar-refractivity contribution in [1.29, 1.82) is 0 Å². The van der Waals surface area contributed by atoms with Crippen LogP contribution in [0, 0.1) is 10.1 Å². The van der Waals surface area contributed by atoms with Crippen molar-refractivity contribution >= 4 is 63.5 Å². The van der Waals surface area contributed by atoms with Crippen molar-refractivity contribution in [3.05, 3.63) is 56.1 Å². The maximum atomic E-state index is 12.4. The monoisotopic (exact) mass is 438 g/mol. The molecular formula is C17H11ClN2O6S2. The summed E-state index contributed by atoms with van der Waals surface area (Å²) >= 11 is 12.3. The molecule has 144 valence electrons. The zero-order valence-corrected chi connectivity index (χ0v) is 16.3. The molecule has 1 aromatic heterocycles. The van der Waals surface area contributed by atoms with Crippen LogP contribution >= 0.6 is 35.6 Å². The highest BCUT2D eigenvalue weighted by atomic mass is 35.5. The fourth-order valence-corrected chi connectivity index (χ4v) is 3.98. The molecule has 0 saturated carbocycles. The third-order valence-electron chi connectivity index (χ3n) is 3.75. The van der Waals surface area contributed by atoms with Crippen LogP contribution in [0.2, 0.25) is 5.02 Å². The molecule has 2 heterocycles. The Labute approximate surface area is 172 Å². The predicted molar refractivity (Wildman–Crippen MR) is 108 cm³/mol. The maximum absolute atomic E-state index is 12.4. The molecule has 1 aromatic carbocycles. The van der Waals surface area contributed by atoms with Crippen molar-refractivity contribution in [3.8, 4) is 11.3 Å². The summed E-state index contributed by atoms with van der Waals surface area (Å²) in [5.74, 6) is -0.660. The lowest BCUT2D eigenvalue weighted by atomic mass is 10.1. The molecule has 0 spiro atoms. The number of rotatable bonds is 6. The Balaban J connectivity index is 1.81. The number of amides is 1. The van der Waals surface area contributed by atoms with E-state index in [2.05, 4.69) is 0 Å². The van der Waals surface area contributed by atoms with E-state index in [1.54, 1.807) is 12.1 Å². The van der Waals surface area contributed by atoms with Gasteiger partial charge in [0.05, 0.1) is 21.3 Å². The van der Waals surface area contributed by atoms with Crippen molar-refractivity contribution in [1.82, 2.24) is 4.90 Å². The molecule has 0 atom stereocenters. The second kappa shape index (κ2) is 8.13. The van der Waals surface area contributed by atoms with Crippen LogP contribution in [0.3, 0.4) is 0 Å². The zero-order chi connectivity index (χ0) is 20.4. The normalized spacial score (nSPS) is 15.5. The molecule has 1 aliphatic rings. The van der Waals surface area contributed by atoms with Crippen molar-refractivity contribution in [3.63, 3.8) is 0 Å². The number of aliphatic carboxylic acids is 1. The number of benzene rings is 1. The van der Waals surface area contributed by atoms with Crippen molar-refractivity contribution in [2.75, 3.05) is 6.54 Å². The quantitative estimate of drug-likeness (QED) is 0.309. The highest BCUT2D eigenvalue weighted by Crippen LogP contribution is 2.35. The number of thiocarbonyl (C=S) groups is 1. The first-order chi connectivity index (χ1) is 13.3. The first kappa shape index (κ1) is 20.1. The minimum Gasteiger partial charge on any atom is -0.481 e. The van der Waals surface area contributed by atoms with E-state index in [0.717, 1.165) is 11.8 Å². The molecule has 0 radical (unpaired) electrons. The summed E-state index contributed by atoms with van der Waals surface area (Å²) in [5, 5.41) is 19.7. The van der Waals surface area contributed by atoms with Crippen molar-refractivity contribution in [2.45, 2.75) is 6.42 Å². The van der Waals surface area contributed by atoms with E-state index in [0.29, 0.717) is 22.0 Å². The van der Waals surface area contributed by atoms with Crippen molar-refractivity contribution in [2.24, 2.45) is 0 Å². The lowest BCUT2D eigenvalue weighted by molar-refractivity contribution is -0.384. The Morgan fingerprint density at radius 1 is 1.39 bits per heavy atom. The van der Waals surface area contributed by atoms with Crippen LogP contribution in [0.1, 0.15) is 12.2 Å². The van der Waals surface area contributed by atoms with Gasteiger partial charge in [-0.3, -0.25) is 24.6 Å². The Kier molecular flexibility index (Phi) is 5.82. The van der Waals surface area contributed by atoms with Gasteiger partial charge in [0.1, 0.15) is 15.8 Å². The van der Waals surface area contributed by atoms with E-state index in [1.165, 1.54) is 29.2 Å². The van der Waals surface area contributed by atoms with E-state index in [9.17, 15) is 19.7 Å². The highest BCUT2D eigenvalue weighted by Gasteiger charge is 2.32. The van der Waals surface area contributed by atoms with Crippen LogP contribution < -0.4 is 0 Å². The molecule has 8 nitrogen and oxygen atoms in total. The maximum Gasteiger partial charge on any atom is 0.305 e. The Morgan fingerprint density at radius 3 is 2.79 bits per heavy atom. The molecule has 1 saturated heterocycles. The molecule has 3 rings (SSSR count). The number of hydrogen-bond acceptors (Lipinski definition) is 7. The molecule has 1 amide bonds. The van der Waals surface area contributed by atoms with E-state index < -0.39 is 10.9 Å². The number of carboxylic acids is 1. The smallest absolute Gasteiger partial charge is 0.305 e. The van der Waals surface area contributed by atoms with Crippen LogP contribution in [0.4, 0.5) is 5.69 Å².